The number of hydrogen-bond donors (Lipinski definition) is 0. The summed E-state index contributed by atoms with van der Waals surface area (Å²) >= 11 is 0. The van der Waals surface area contributed by atoms with Crippen LogP contribution in [-0.4, -0.2) is 0 Å². The second-order valence-corrected chi connectivity index (χ2v) is 8.03. The third-order valence-electron chi connectivity index (χ3n) is 6.42. The van der Waals surface area contributed by atoms with E-state index in [-0.39, 0.29) is 0 Å². The molecule has 0 saturated carbocycles. The van der Waals surface area contributed by atoms with Crippen LogP contribution in [0.4, 0.5) is 0 Å². The highest BCUT2D eigenvalue weighted by molar-refractivity contribution is 6.06. The Morgan fingerprint density at radius 2 is 1.17 bits per heavy atom. The maximum absolute atomic E-state index is 2.36. The van der Waals surface area contributed by atoms with Gasteiger partial charge in [0.25, 0.3) is 0 Å². The lowest BCUT2D eigenvalue weighted by Gasteiger charge is -2.25. The Balaban J connectivity index is 1.73. The van der Waals surface area contributed by atoms with E-state index in [9.17, 15) is 0 Å². The summed E-state index contributed by atoms with van der Waals surface area (Å²) in [6.45, 7) is 0. The molecule has 0 heteroatoms. The summed E-state index contributed by atoms with van der Waals surface area (Å²) in [5, 5.41) is 2.76. The van der Waals surface area contributed by atoms with Crippen LogP contribution in [0.25, 0.3) is 34.1 Å². The molecule has 0 N–H and O–H groups in total. The Labute approximate surface area is 171 Å². The van der Waals surface area contributed by atoms with E-state index in [0.29, 0.717) is 0 Å². The van der Waals surface area contributed by atoms with E-state index in [2.05, 4.69) is 97.1 Å². The number of allylic oxidation sites excluding steroid dienone is 1. The number of fused-ring (bicyclic) bond motifs is 5. The SMILES string of the molecule is C1=Cc2ccccc2C(=C2CCCc3c2ccc2ccccc32)c2ccccc21. The molecule has 0 aliphatic heterocycles. The molecular formula is C29H22. The topological polar surface area (TPSA) is 0 Å². The molecule has 4 aromatic carbocycles. The minimum atomic E-state index is 1.13. The standard InChI is InChI=1S/C29H22/c1-4-11-23-20(8-1)18-19-27-26(23)14-7-15-28(27)29-24-12-5-2-9-21(24)16-17-22-10-3-6-13-25(22)29/h1-6,8-13,16-19H,7,14-15H2. The highest BCUT2D eigenvalue weighted by Gasteiger charge is 2.24. The van der Waals surface area contributed by atoms with Gasteiger partial charge in [0.2, 0.25) is 0 Å². The third kappa shape index (κ3) is 2.60. The van der Waals surface area contributed by atoms with E-state index < -0.39 is 0 Å². The van der Waals surface area contributed by atoms with Gasteiger partial charge in [-0.3, -0.25) is 0 Å². The van der Waals surface area contributed by atoms with Crippen molar-refractivity contribution in [3.05, 3.63) is 118 Å². The molecule has 2 aliphatic rings. The van der Waals surface area contributed by atoms with Crippen LogP contribution in [-0.2, 0) is 6.42 Å². The minimum Gasteiger partial charge on any atom is -0.0616 e. The molecule has 0 heterocycles. The van der Waals surface area contributed by atoms with Crippen molar-refractivity contribution in [3.8, 4) is 0 Å². The fourth-order valence-corrected chi connectivity index (χ4v) is 5.11. The predicted molar refractivity (Wildman–Crippen MR) is 125 cm³/mol. The largest absolute Gasteiger partial charge is 0.0616 e. The van der Waals surface area contributed by atoms with Crippen molar-refractivity contribution in [3.63, 3.8) is 0 Å². The molecule has 0 atom stereocenters. The zero-order chi connectivity index (χ0) is 19.2. The van der Waals surface area contributed by atoms with Crippen LogP contribution in [0.5, 0.6) is 0 Å². The number of rotatable bonds is 0. The van der Waals surface area contributed by atoms with Crippen LogP contribution in [0.15, 0.2) is 84.9 Å². The zero-order valence-corrected chi connectivity index (χ0v) is 16.4. The molecule has 138 valence electrons. The molecule has 0 aromatic heterocycles. The van der Waals surface area contributed by atoms with Gasteiger partial charge in [0, 0.05) is 0 Å². The van der Waals surface area contributed by atoms with Crippen molar-refractivity contribution >= 4 is 34.1 Å². The van der Waals surface area contributed by atoms with Gasteiger partial charge < -0.3 is 0 Å². The van der Waals surface area contributed by atoms with Gasteiger partial charge in [-0.15, -0.1) is 0 Å². The Morgan fingerprint density at radius 1 is 0.517 bits per heavy atom. The highest BCUT2D eigenvalue weighted by Crippen LogP contribution is 2.44. The molecule has 0 fully saturated rings. The summed E-state index contributed by atoms with van der Waals surface area (Å²) in [7, 11) is 0. The van der Waals surface area contributed by atoms with Crippen LogP contribution in [0.1, 0.15) is 46.2 Å². The van der Waals surface area contributed by atoms with E-state index in [1.807, 2.05) is 0 Å². The molecule has 0 radical (unpaired) electrons. The fraction of sp³-hybridized carbons (Fsp3) is 0.103. The van der Waals surface area contributed by atoms with Crippen LogP contribution >= 0.6 is 0 Å². The van der Waals surface area contributed by atoms with Gasteiger partial charge in [-0.2, -0.15) is 0 Å². The number of benzene rings is 4. The normalized spacial score (nSPS) is 14.9. The maximum Gasteiger partial charge on any atom is -0.00612 e. The highest BCUT2D eigenvalue weighted by atomic mass is 14.3. The van der Waals surface area contributed by atoms with Crippen LogP contribution in [0, 0.1) is 0 Å². The first-order chi connectivity index (χ1) is 14.4. The van der Waals surface area contributed by atoms with Gasteiger partial charge >= 0.3 is 0 Å². The van der Waals surface area contributed by atoms with Crippen molar-refractivity contribution in [2.75, 3.05) is 0 Å². The van der Waals surface area contributed by atoms with Gasteiger partial charge in [-0.1, -0.05) is 97.1 Å². The van der Waals surface area contributed by atoms with Gasteiger partial charge in [0.1, 0.15) is 0 Å². The van der Waals surface area contributed by atoms with E-state index in [1.54, 1.807) is 0 Å². The monoisotopic (exact) mass is 370 g/mol. The van der Waals surface area contributed by atoms with Crippen molar-refractivity contribution in [1.82, 2.24) is 0 Å². The number of aryl methyl sites for hydroxylation is 1. The molecule has 0 amide bonds. The van der Waals surface area contributed by atoms with Gasteiger partial charge in [0.15, 0.2) is 0 Å². The summed E-state index contributed by atoms with van der Waals surface area (Å²) < 4.78 is 0. The minimum absolute atomic E-state index is 1.13. The second-order valence-electron chi connectivity index (χ2n) is 8.03. The molecule has 4 aromatic rings. The molecule has 0 unspecified atom stereocenters. The molecule has 6 rings (SSSR count). The second kappa shape index (κ2) is 6.60. The number of hydrogen-bond acceptors (Lipinski definition) is 0. The molecular weight excluding hydrogens is 348 g/mol. The van der Waals surface area contributed by atoms with Crippen molar-refractivity contribution in [2.24, 2.45) is 0 Å². The Hall–Kier alpha value is -3.38. The summed E-state index contributed by atoms with van der Waals surface area (Å²) in [5.74, 6) is 0. The van der Waals surface area contributed by atoms with Crippen LogP contribution in [0.2, 0.25) is 0 Å². The van der Waals surface area contributed by atoms with Gasteiger partial charge in [-0.05, 0) is 74.6 Å². The van der Waals surface area contributed by atoms with Crippen molar-refractivity contribution in [2.45, 2.75) is 19.3 Å². The molecule has 2 aliphatic carbocycles. The lowest BCUT2D eigenvalue weighted by atomic mass is 9.78. The first-order valence-electron chi connectivity index (χ1n) is 10.5. The van der Waals surface area contributed by atoms with E-state index in [1.165, 1.54) is 61.7 Å². The quantitative estimate of drug-likeness (QED) is 0.263. The molecule has 0 nitrogen and oxygen atoms in total. The Kier molecular flexibility index (Phi) is 3.77. The lowest BCUT2D eigenvalue weighted by molar-refractivity contribution is 0.829. The molecule has 0 saturated heterocycles. The summed E-state index contributed by atoms with van der Waals surface area (Å²) in [6, 6.07) is 31.2. The van der Waals surface area contributed by atoms with Crippen molar-refractivity contribution < 1.29 is 0 Å². The summed E-state index contributed by atoms with van der Waals surface area (Å²) in [4.78, 5) is 0. The summed E-state index contributed by atoms with van der Waals surface area (Å²) in [5.41, 5.74) is 11.2. The first-order valence-corrected chi connectivity index (χ1v) is 10.5. The van der Waals surface area contributed by atoms with Crippen molar-refractivity contribution in [1.29, 1.82) is 0 Å². The Bertz CT molecular complexity index is 1270. The average Bonchev–Trinajstić information content (AvgIpc) is 2.95. The lowest BCUT2D eigenvalue weighted by Crippen LogP contribution is -2.06. The smallest absolute Gasteiger partial charge is 0.00612 e. The first kappa shape index (κ1) is 16.6. The molecule has 0 bridgehead atoms. The Morgan fingerprint density at radius 3 is 1.93 bits per heavy atom. The molecule has 0 spiro atoms. The zero-order valence-electron chi connectivity index (χ0n) is 16.4. The van der Waals surface area contributed by atoms with Gasteiger partial charge in [-0.25, -0.2) is 0 Å². The summed E-state index contributed by atoms with van der Waals surface area (Å²) in [6.07, 6.45) is 8.04. The predicted octanol–water partition coefficient (Wildman–Crippen LogP) is 7.62. The average molecular weight is 370 g/mol. The van der Waals surface area contributed by atoms with E-state index in [0.717, 1.165) is 12.8 Å². The maximum atomic E-state index is 2.36. The molecule has 29 heavy (non-hydrogen) atoms. The van der Waals surface area contributed by atoms with Gasteiger partial charge in [0.05, 0.1) is 0 Å². The fourth-order valence-electron chi connectivity index (χ4n) is 5.11. The van der Waals surface area contributed by atoms with Crippen LogP contribution in [0.3, 0.4) is 0 Å². The third-order valence-corrected chi connectivity index (χ3v) is 6.42. The van der Waals surface area contributed by atoms with E-state index in [4.69, 9.17) is 0 Å². The van der Waals surface area contributed by atoms with E-state index >= 15 is 0 Å². The van der Waals surface area contributed by atoms with Crippen LogP contribution < -0.4 is 0 Å².